The van der Waals surface area contributed by atoms with Crippen LogP contribution in [0.2, 0.25) is 0 Å². The van der Waals surface area contributed by atoms with Gasteiger partial charge in [0.1, 0.15) is 0 Å². The van der Waals surface area contributed by atoms with Crippen LogP contribution in [0.1, 0.15) is 18.9 Å². The highest BCUT2D eigenvalue weighted by Crippen LogP contribution is 2.20. The smallest absolute Gasteiger partial charge is 0.237 e. The summed E-state index contributed by atoms with van der Waals surface area (Å²) in [6.07, 6.45) is 5.78. The van der Waals surface area contributed by atoms with Crippen molar-refractivity contribution in [2.24, 2.45) is 0 Å². The van der Waals surface area contributed by atoms with E-state index in [1.807, 2.05) is 30.8 Å². The molecule has 148 valence electrons. The summed E-state index contributed by atoms with van der Waals surface area (Å²) in [4.78, 5) is 25.0. The van der Waals surface area contributed by atoms with Crippen molar-refractivity contribution in [2.75, 3.05) is 37.6 Å². The summed E-state index contributed by atoms with van der Waals surface area (Å²) < 4.78 is 0. The van der Waals surface area contributed by atoms with Gasteiger partial charge in [0, 0.05) is 61.4 Å². The third-order valence-corrected chi connectivity index (χ3v) is 6.35. The lowest BCUT2D eigenvalue weighted by Gasteiger charge is -2.26. The zero-order valence-corrected chi connectivity index (χ0v) is 17.0. The third-order valence-electron chi connectivity index (χ3n) is 5.52. The van der Waals surface area contributed by atoms with Crippen LogP contribution in [0.4, 0.5) is 5.13 Å². The second kappa shape index (κ2) is 8.75. The summed E-state index contributed by atoms with van der Waals surface area (Å²) in [5.41, 5.74) is 2.39. The number of carbonyl (C=O) groups is 1. The Balaban J connectivity index is 1.27. The van der Waals surface area contributed by atoms with E-state index in [1.54, 1.807) is 11.3 Å². The van der Waals surface area contributed by atoms with Crippen LogP contribution in [-0.4, -0.2) is 59.5 Å². The zero-order chi connectivity index (χ0) is 19.3. The van der Waals surface area contributed by atoms with Gasteiger partial charge in [-0.15, -0.1) is 11.3 Å². The molecule has 28 heavy (non-hydrogen) atoms. The number of aromatic amines is 1. The van der Waals surface area contributed by atoms with Crippen LogP contribution in [0.15, 0.2) is 42.0 Å². The summed E-state index contributed by atoms with van der Waals surface area (Å²) in [6, 6.07) is 8.17. The van der Waals surface area contributed by atoms with E-state index in [2.05, 4.69) is 43.3 Å². The number of carbonyl (C=O) groups excluding carboxylic acids is 1. The van der Waals surface area contributed by atoms with Crippen LogP contribution in [0.3, 0.4) is 0 Å². The van der Waals surface area contributed by atoms with E-state index in [0.29, 0.717) is 6.54 Å². The summed E-state index contributed by atoms with van der Waals surface area (Å²) in [6.45, 7) is 6.42. The Bertz CT molecular complexity index is 907. The summed E-state index contributed by atoms with van der Waals surface area (Å²) in [5.74, 6) is 0.113. The number of amides is 1. The maximum absolute atomic E-state index is 12.7. The fraction of sp³-hybridized carbons (Fsp3) is 0.429. The molecule has 1 aromatic carbocycles. The molecule has 1 amide bonds. The Hall–Kier alpha value is -2.38. The lowest BCUT2D eigenvalue weighted by atomic mass is 10.1. The molecule has 0 radical (unpaired) electrons. The van der Waals surface area contributed by atoms with Crippen molar-refractivity contribution in [3.63, 3.8) is 0 Å². The number of benzene rings is 1. The van der Waals surface area contributed by atoms with Gasteiger partial charge in [-0.1, -0.05) is 18.2 Å². The second-order valence-corrected chi connectivity index (χ2v) is 8.14. The average Bonchev–Trinajstić information content (AvgIpc) is 3.33. The van der Waals surface area contributed by atoms with E-state index in [4.69, 9.17) is 0 Å². The average molecular weight is 398 g/mol. The quantitative estimate of drug-likeness (QED) is 0.671. The number of hydrogen-bond acceptors (Lipinski definition) is 5. The maximum Gasteiger partial charge on any atom is 0.237 e. The van der Waals surface area contributed by atoms with Crippen LogP contribution < -0.4 is 10.2 Å². The first-order valence-corrected chi connectivity index (χ1v) is 10.8. The molecule has 7 heteroatoms. The summed E-state index contributed by atoms with van der Waals surface area (Å²) in [7, 11) is 0. The zero-order valence-electron chi connectivity index (χ0n) is 16.2. The van der Waals surface area contributed by atoms with E-state index < -0.39 is 0 Å². The van der Waals surface area contributed by atoms with E-state index in [9.17, 15) is 4.79 Å². The number of nitrogens with one attached hydrogen (secondary N) is 2. The molecule has 0 bridgehead atoms. The SMILES string of the molecule is CC(C(=O)NCCc1c[nH]c2ccccc12)N1CCCN(c2nccs2)CC1. The highest BCUT2D eigenvalue weighted by Gasteiger charge is 2.24. The van der Waals surface area contributed by atoms with Gasteiger partial charge in [0.15, 0.2) is 5.13 Å². The molecule has 6 nitrogen and oxygen atoms in total. The number of nitrogens with zero attached hydrogens (tertiary/aromatic N) is 3. The monoisotopic (exact) mass is 397 g/mol. The first kappa shape index (κ1) is 19.0. The molecule has 3 heterocycles. The van der Waals surface area contributed by atoms with Crippen molar-refractivity contribution in [2.45, 2.75) is 25.8 Å². The van der Waals surface area contributed by atoms with Crippen LogP contribution in [0, 0.1) is 0 Å². The topological polar surface area (TPSA) is 64.3 Å². The molecule has 1 unspecified atom stereocenters. The van der Waals surface area contributed by atoms with E-state index in [1.165, 1.54) is 10.9 Å². The standard InChI is InChI=1S/C21H27N5OS/c1-16(25-10-4-11-26(13-12-25)21-23-9-14-28-21)20(27)22-8-7-17-15-24-19-6-3-2-5-18(17)19/h2-3,5-6,9,14-16,24H,4,7-8,10-13H2,1H3,(H,22,27). The molecular formula is C21H27N5OS. The number of rotatable bonds is 6. The van der Waals surface area contributed by atoms with Crippen LogP contribution in [0.5, 0.6) is 0 Å². The summed E-state index contributed by atoms with van der Waals surface area (Å²) in [5, 5.41) is 7.46. The van der Waals surface area contributed by atoms with Crippen molar-refractivity contribution in [3.8, 4) is 0 Å². The van der Waals surface area contributed by atoms with Crippen molar-refractivity contribution in [3.05, 3.63) is 47.6 Å². The van der Waals surface area contributed by atoms with Gasteiger partial charge in [-0.05, 0) is 31.4 Å². The van der Waals surface area contributed by atoms with Crippen LogP contribution >= 0.6 is 11.3 Å². The Morgan fingerprint density at radius 3 is 3.04 bits per heavy atom. The molecule has 1 aliphatic rings. The van der Waals surface area contributed by atoms with Crippen molar-refractivity contribution < 1.29 is 4.79 Å². The first-order chi connectivity index (χ1) is 13.7. The van der Waals surface area contributed by atoms with Gasteiger partial charge < -0.3 is 15.2 Å². The molecule has 1 aliphatic heterocycles. The van der Waals surface area contributed by atoms with E-state index in [0.717, 1.165) is 49.7 Å². The van der Waals surface area contributed by atoms with E-state index >= 15 is 0 Å². The molecule has 3 aromatic rings. The van der Waals surface area contributed by atoms with Gasteiger partial charge in [0.05, 0.1) is 6.04 Å². The Labute approximate surface area is 169 Å². The molecule has 0 saturated carbocycles. The predicted octanol–water partition coefficient (Wildman–Crippen LogP) is 2.88. The van der Waals surface area contributed by atoms with Gasteiger partial charge in [-0.3, -0.25) is 9.69 Å². The molecule has 1 saturated heterocycles. The highest BCUT2D eigenvalue weighted by atomic mass is 32.1. The number of H-pyrrole nitrogens is 1. The third kappa shape index (κ3) is 4.20. The number of fused-ring (bicyclic) bond motifs is 1. The van der Waals surface area contributed by atoms with Gasteiger partial charge >= 0.3 is 0 Å². The number of hydrogen-bond donors (Lipinski definition) is 2. The molecule has 1 atom stereocenters. The number of anilines is 1. The van der Waals surface area contributed by atoms with Crippen LogP contribution in [-0.2, 0) is 11.2 Å². The highest BCUT2D eigenvalue weighted by molar-refractivity contribution is 7.13. The number of aromatic nitrogens is 2. The minimum absolute atomic E-state index is 0.112. The molecule has 1 fully saturated rings. The Morgan fingerprint density at radius 1 is 1.29 bits per heavy atom. The van der Waals surface area contributed by atoms with Gasteiger partial charge in [0.25, 0.3) is 0 Å². The Kier molecular flexibility index (Phi) is 5.92. The van der Waals surface area contributed by atoms with Crippen molar-refractivity contribution in [1.82, 2.24) is 20.2 Å². The van der Waals surface area contributed by atoms with Gasteiger partial charge in [0.2, 0.25) is 5.91 Å². The minimum atomic E-state index is -0.112. The molecule has 4 rings (SSSR count). The van der Waals surface area contributed by atoms with Crippen molar-refractivity contribution >= 4 is 33.3 Å². The minimum Gasteiger partial charge on any atom is -0.361 e. The van der Waals surface area contributed by atoms with E-state index in [-0.39, 0.29) is 11.9 Å². The normalized spacial score (nSPS) is 16.8. The molecule has 2 aromatic heterocycles. The number of para-hydroxylation sites is 1. The molecule has 0 aliphatic carbocycles. The fourth-order valence-corrected chi connectivity index (χ4v) is 4.56. The summed E-state index contributed by atoms with van der Waals surface area (Å²) >= 11 is 1.68. The maximum atomic E-state index is 12.7. The van der Waals surface area contributed by atoms with Gasteiger partial charge in [-0.25, -0.2) is 4.98 Å². The lowest BCUT2D eigenvalue weighted by molar-refractivity contribution is -0.125. The van der Waals surface area contributed by atoms with Crippen LogP contribution in [0.25, 0.3) is 10.9 Å². The van der Waals surface area contributed by atoms with Gasteiger partial charge in [-0.2, -0.15) is 0 Å². The second-order valence-electron chi connectivity index (χ2n) is 7.27. The van der Waals surface area contributed by atoms with Crippen molar-refractivity contribution in [1.29, 1.82) is 0 Å². The predicted molar refractivity (Wildman–Crippen MR) is 115 cm³/mol. The molecule has 2 N–H and O–H groups in total. The largest absolute Gasteiger partial charge is 0.361 e. The number of thiazole rings is 1. The lowest BCUT2D eigenvalue weighted by Crippen LogP contribution is -2.47. The molecular weight excluding hydrogens is 370 g/mol. The first-order valence-electron chi connectivity index (χ1n) is 9.93. The Morgan fingerprint density at radius 2 is 2.18 bits per heavy atom. The fourth-order valence-electron chi connectivity index (χ4n) is 3.86. The molecule has 0 spiro atoms.